The number of nitrogens with zero attached hydrogens (tertiary/aromatic N) is 2. The average molecular weight is 292 g/mol. The number of hydrogen-bond donors (Lipinski definition) is 0. The lowest BCUT2D eigenvalue weighted by Gasteiger charge is -2.34. The second-order valence-corrected chi connectivity index (χ2v) is 4.83. The average Bonchev–Trinajstić information content (AvgIpc) is 2.16. The van der Waals surface area contributed by atoms with E-state index in [-0.39, 0.29) is 0 Å². The van der Waals surface area contributed by atoms with Crippen LogP contribution in [0.4, 0.5) is 5.82 Å². The fourth-order valence-corrected chi connectivity index (χ4v) is 2.43. The van der Waals surface area contributed by atoms with Crippen molar-refractivity contribution in [2.75, 3.05) is 24.7 Å². The molecule has 1 unspecified atom stereocenters. The summed E-state index contributed by atoms with van der Waals surface area (Å²) in [6.45, 7) is 4.47. The number of morpholine rings is 1. The van der Waals surface area contributed by atoms with Crippen molar-refractivity contribution < 1.29 is 4.74 Å². The summed E-state index contributed by atoms with van der Waals surface area (Å²) in [7, 11) is 0. The Hall–Kier alpha value is -0.320. The SMILES string of the molecule is CC1COCCN1c1cc(Cl)cc(Br)n1. The molecule has 2 heterocycles. The van der Waals surface area contributed by atoms with E-state index in [0.717, 1.165) is 30.2 Å². The van der Waals surface area contributed by atoms with Crippen LogP contribution >= 0.6 is 27.5 Å². The molecule has 1 aliphatic rings. The highest BCUT2D eigenvalue weighted by Crippen LogP contribution is 2.24. The maximum atomic E-state index is 5.99. The van der Waals surface area contributed by atoms with Gasteiger partial charge in [-0.05, 0) is 35.0 Å². The Balaban J connectivity index is 2.27. The van der Waals surface area contributed by atoms with Crippen LogP contribution in [0, 0.1) is 0 Å². The summed E-state index contributed by atoms with van der Waals surface area (Å²) in [5.41, 5.74) is 0. The fourth-order valence-electron chi connectivity index (χ4n) is 1.67. The Morgan fingerprint density at radius 2 is 2.40 bits per heavy atom. The number of pyridine rings is 1. The van der Waals surface area contributed by atoms with Gasteiger partial charge in [0.1, 0.15) is 10.4 Å². The maximum Gasteiger partial charge on any atom is 0.131 e. The van der Waals surface area contributed by atoms with E-state index in [1.807, 2.05) is 6.07 Å². The lowest BCUT2D eigenvalue weighted by molar-refractivity contribution is 0.0985. The van der Waals surface area contributed by atoms with E-state index in [1.165, 1.54) is 0 Å². The molecule has 0 aliphatic carbocycles. The quantitative estimate of drug-likeness (QED) is 0.744. The van der Waals surface area contributed by atoms with Crippen molar-refractivity contribution in [1.29, 1.82) is 0 Å². The van der Waals surface area contributed by atoms with Crippen LogP contribution in [-0.2, 0) is 4.74 Å². The van der Waals surface area contributed by atoms with Gasteiger partial charge >= 0.3 is 0 Å². The first-order chi connectivity index (χ1) is 7.16. The summed E-state index contributed by atoms with van der Waals surface area (Å²) in [5, 5.41) is 0.700. The molecule has 0 spiro atoms. The lowest BCUT2D eigenvalue weighted by Crippen LogP contribution is -2.44. The molecule has 0 radical (unpaired) electrons. The molecular weight excluding hydrogens is 279 g/mol. The van der Waals surface area contributed by atoms with Gasteiger partial charge in [0.05, 0.1) is 19.3 Å². The van der Waals surface area contributed by atoms with Crippen molar-refractivity contribution in [1.82, 2.24) is 4.98 Å². The first kappa shape index (κ1) is 11.2. The molecule has 0 amide bonds. The molecule has 3 nitrogen and oxygen atoms in total. The third-order valence-electron chi connectivity index (χ3n) is 2.41. The van der Waals surface area contributed by atoms with Crippen molar-refractivity contribution in [2.24, 2.45) is 0 Å². The van der Waals surface area contributed by atoms with Crippen molar-refractivity contribution in [3.8, 4) is 0 Å². The van der Waals surface area contributed by atoms with Crippen LogP contribution in [-0.4, -0.2) is 30.8 Å². The van der Waals surface area contributed by atoms with Gasteiger partial charge < -0.3 is 9.64 Å². The first-order valence-electron chi connectivity index (χ1n) is 4.84. The van der Waals surface area contributed by atoms with Gasteiger partial charge in [0.2, 0.25) is 0 Å². The van der Waals surface area contributed by atoms with E-state index in [1.54, 1.807) is 6.07 Å². The minimum atomic E-state index is 0.344. The van der Waals surface area contributed by atoms with Crippen molar-refractivity contribution >= 4 is 33.3 Å². The molecule has 1 aromatic heterocycles. The summed E-state index contributed by atoms with van der Waals surface area (Å²) in [6.07, 6.45) is 0. The van der Waals surface area contributed by atoms with E-state index in [9.17, 15) is 0 Å². The monoisotopic (exact) mass is 290 g/mol. The van der Waals surface area contributed by atoms with Crippen LogP contribution in [0.15, 0.2) is 16.7 Å². The third-order valence-corrected chi connectivity index (χ3v) is 3.03. The Bertz CT molecular complexity index is 341. The zero-order valence-electron chi connectivity index (χ0n) is 8.41. The van der Waals surface area contributed by atoms with Crippen molar-refractivity contribution in [3.63, 3.8) is 0 Å². The number of rotatable bonds is 1. The highest BCUT2D eigenvalue weighted by Gasteiger charge is 2.20. The molecule has 0 N–H and O–H groups in total. The molecule has 0 bridgehead atoms. The van der Waals surface area contributed by atoms with Crippen LogP contribution < -0.4 is 4.90 Å². The molecule has 0 saturated carbocycles. The van der Waals surface area contributed by atoms with Crippen LogP contribution in [0.3, 0.4) is 0 Å². The first-order valence-corrected chi connectivity index (χ1v) is 6.01. The summed E-state index contributed by atoms with van der Waals surface area (Å²) in [4.78, 5) is 6.62. The van der Waals surface area contributed by atoms with Crippen LogP contribution in [0.1, 0.15) is 6.92 Å². The van der Waals surface area contributed by atoms with E-state index in [0.29, 0.717) is 11.1 Å². The van der Waals surface area contributed by atoms with E-state index in [4.69, 9.17) is 16.3 Å². The summed E-state index contributed by atoms with van der Waals surface area (Å²) >= 11 is 9.34. The molecule has 15 heavy (non-hydrogen) atoms. The normalized spacial score (nSPS) is 21.8. The van der Waals surface area contributed by atoms with Gasteiger partial charge in [-0.2, -0.15) is 0 Å². The molecule has 5 heteroatoms. The minimum absolute atomic E-state index is 0.344. The lowest BCUT2D eigenvalue weighted by atomic mass is 10.2. The maximum absolute atomic E-state index is 5.99. The highest BCUT2D eigenvalue weighted by molar-refractivity contribution is 9.10. The van der Waals surface area contributed by atoms with E-state index in [2.05, 4.69) is 32.7 Å². The fraction of sp³-hybridized carbons (Fsp3) is 0.500. The molecule has 82 valence electrons. The number of ether oxygens (including phenoxy) is 1. The molecule has 1 fully saturated rings. The topological polar surface area (TPSA) is 25.4 Å². The molecule has 1 atom stereocenters. The Morgan fingerprint density at radius 1 is 1.60 bits per heavy atom. The molecular formula is C10H12BrClN2O. The predicted octanol–water partition coefficient (Wildman–Crippen LogP) is 2.72. The van der Waals surface area contributed by atoms with Crippen molar-refractivity contribution in [3.05, 3.63) is 21.8 Å². The number of halogens is 2. The smallest absolute Gasteiger partial charge is 0.131 e. The van der Waals surface area contributed by atoms with Gasteiger partial charge in [-0.15, -0.1) is 0 Å². The number of anilines is 1. The van der Waals surface area contributed by atoms with Gasteiger partial charge in [-0.1, -0.05) is 11.6 Å². The van der Waals surface area contributed by atoms with Crippen LogP contribution in [0.5, 0.6) is 0 Å². The van der Waals surface area contributed by atoms with Crippen LogP contribution in [0.25, 0.3) is 0 Å². The van der Waals surface area contributed by atoms with Gasteiger partial charge in [0.25, 0.3) is 0 Å². The molecule has 1 aliphatic heterocycles. The highest BCUT2D eigenvalue weighted by atomic mass is 79.9. The van der Waals surface area contributed by atoms with E-state index >= 15 is 0 Å². The third kappa shape index (κ3) is 2.62. The van der Waals surface area contributed by atoms with Gasteiger partial charge in [-0.25, -0.2) is 4.98 Å². The van der Waals surface area contributed by atoms with Gasteiger partial charge in [0, 0.05) is 11.6 Å². The Morgan fingerprint density at radius 3 is 3.07 bits per heavy atom. The number of hydrogen-bond acceptors (Lipinski definition) is 3. The second kappa shape index (κ2) is 4.68. The summed E-state index contributed by atoms with van der Waals surface area (Å²) in [5.74, 6) is 0.908. The van der Waals surface area contributed by atoms with E-state index < -0.39 is 0 Å². The van der Waals surface area contributed by atoms with Crippen LogP contribution in [0.2, 0.25) is 5.02 Å². The Labute approximate surface area is 103 Å². The summed E-state index contributed by atoms with van der Waals surface area (Å²) in [6, 6.07) is 4.02. The van der Waals surface area contributed by atoms with Gasteiger partial charge in [0.15, 0.2) is 0 Å². The second-order valence-electron chi connectivity index (χ2n) is 3.58. The zero-order chi connectivity index (χ0) is 10.8. The molecule has 1 saturated heterocycles. The molecule has 1 aromatic rings. The summed E-state index contributed by atoms with van der Waals surface area (Å²) < 4.78 is 6.15. The predicted molar refractivity (Wildman–Crippen MR) is 64.6 cm³/mol. The standard InChI is InChI=1S/C10H12BrClN2O/c1-7-6-15-3-2-14(7)10-5-8(12)4-9(11)13-10/h4-5,7H,2-3,6H2,1H3. The molecule has 2 rings (SSSR count). The van der Waals surface area contributed by atoms with Gasteiger partial charge in [-0.3, -0.25) is 0 Å². The number of aromatic nitrogens is 1. The van der Waals surface area contributed by atoms with Crippen molar-refractivity contribution in [2.45, 2.75) is 13.0 Å². The minimum Gasteiger partial charge on any atom is -0.377 e. The Kier molecular flexibility index (Phi) is 3.49. The largest absolute Gasteiger partial charge is 0.377 e. The molecule has 0 aromatic carbocycles. The zero-order valence-corrected chi connectivity index (χ0v) is 10.8.